The molecule has 1 atom stereocenters. The SMILES string of the molecule is COc1cc([C@H](C)NC(=O)c2ccccn2)ccc1OC1CCCC1. The molecule has 1 saturated carbocycles. The highest BCUT2D eigenvalue weighted by molar-refractivity contribution is 5.92. The van der Waals surface area contributed by atoms with Gasteiger partial charge < -0.3 is 14.8 Å². The molecule has 3 rings (SSSR count). The third-order valence-corrected chi connectivity index (χ3v) is 4.53. The monoisotopic (exact) mass is 340 g/mol. The van der Waals surface area contributed by atoms with E-state index in [1.807, 2.05) is 25.1 Å². The van der Waals surface area contributed by atoms with Crippen molar-refractivity contribution in [2.24, 2.45) is 0 Å². The second-order valence-corrected chi connectivity index (χ2v) is 6.34. The summed E-state index contributed by atoms with van der Waals surface area (Å²) in [5, 5.41) is 2.96. The molecule has 1 N–H and O–H groups in total. The van der Waals surface area contributed by atoms with Crippen LogP contribution in [-0.4, -0.2) is 24.1 Å². The van der Waals surface area contributed by atoms with Crippen molar-refractivity contribution in [3.05, 3.63) is 53.9 Å². The van der Waals surface area contributed by atoms with E-state index in [9.17, 15) is 4.79 Å². The van der Waals surface area contributed by atoms with Crippen LogP contribution in [0.4, 0.5) is 0 Å². The standard InChI is InChI=1S/C20H24N2O3/c1-14(22-20(23)17-9-5-6-12-21-17)15-10-11-18(19(13-15)24-2)25-16-7-3-4-8-16/h5-6,9-14,16H,3-4,7-8H2,1-2H3,(H,22,23)/t14-/m0/s1. The molecule has 0 unspecified atom stereocenters. The van der Waals surface area contributed by atoms with Crippen molar-refractivity contribution in [1.29, 1.82) is 0 Å². The Morgan fingerprint density at radius 2 is 2.00 bits per heavy atom. The summed E-state index contributed by atoms with van der Waals surface area (Å²) in [7, 11) is 1.64. The van der Waals surface area contributed by atoms with E-state index >= 15 is 0 Å². The number of carbonyl (C=O) groups is 1. The number of methoxy groups -OCH3 is 1. The number of amides is 1. The molecule has 0 saturated heterocycles. The van der Waals surface area contributed by atoms with E-state index in [4.69, 9.17) is 9.47 Å². The first-order valence-corrected chi connectivity index (χ1v) is 8.74. The van der Waals surface area contributed by atoms with E-state index in [1.54, 1.807) is 31.5 Å². The number of carbonyl (C=O) groups excluding carboxylic acids is 1. The number of hydrogen-bond acceptors (Lipinski definition) is 4. The first kappa shape index (κ1) is 17.3. The fourth-order valence-corrected chi connectivity index (χ4v) is 3.09. The molecule has 1 aromatic heterocycles. The van der Waals surface area contributed by atoms with Gasteiger partial charge in [-0.25, -0.2) is 0 Å². The van der Waals surface area contributed by atoms with Crippen LogP contribution in [0.15, 0.2) is 42.6 Å². The van der Waals surface area contributed by atoms with Crippen LogP contribution < -0.4 is 14.8 Å². The number of nitrogens with one attached hydrogen (secondary N) is 1. The van der Waals surface area contributed by atoms with Gasteiger partial charge in [0, 0.05) is 6.20 Å². The van der Waals surface area contributed by atoms with Gasteiger partial charge in [0.05, 0.1) is 19.3 Å². The third kappa shape index (κ3) is 4.29. The van der Waals surface area contributed by atoms with E-state index in [2.05, 4.69) is 10.3 Å². The highest BCUT2D eigenvalue weighted by Gasteiger charge is 2.19. The summed E-state index contributed by atoms with van der Waals surface area (Å²) in [6, 6.07) is 10.9. The van der Waals surface area contributed by atoms with Crippen LogP contribution in [0.25, 0.3) is 0 Å². The summed E-state index contributed by atoms with van der Waals surface area (Å²) in [6.45, 7) is 1.94. The Hall–Kier alpha value is -2.56. The molecule has 0 aliphatic heterocycles. The lowest BCUT2D eigenvalue weighted by atomic mass is 10.1. The maximum atomic E-state index is 12.3. The maximum Gasteiger partial charge on any atom is 0.270 e. The van der Waals surface area contributed by atoms with Gasteiger partial charge >= 0.3 is 0 Å². The second-order valence-electron chi connectivity index (χ2n) is 6.34. The van der Waals surface area contributed by atoms with E-state index in [0.717, 1.165) is 24.2 Å². The third-order valence-electron chi connectivity index (χ3n) is 4.53. The Bertz CT molecular complexity index is 712. The van der Waals surface area contributed by atoms with Crippen LogP contribution in [-0.2, 0) is 0 Å². The molecule has 1 aromatic carbocycles. The summed E-state index contributed by atoms with van der Waals surface area (Å²) in [4.78, 5) is 16.3. The lowest BCUT2D eigenvalue weighted by Crippen LogP contribution is -2.27. The number of hydrogen-bond donors (Lipinski definition) is 1. The Balaban J connectivity index is 1.69. The van der Waals surface area contributed by atoms with Gasteiger partial charge in [0.25, 0.3) is 5.91 Å². The topological polar surface area (TPSA) is 60.5 Å². The average molecular weight is 340 g/mol. The molecular weight excluding hydrogens is 316 g/mol. The molecule has 1 amide bonds. The summed E-state index contributed by atoms with van der Waals surface area (Å²) >= 11 is 0. The molecule has 0 radical (unpaired) electrons. The summed E-state index contributed by atoms with van der Waals surface area (Å²) in [6.07, 6.45) is 6.53. The number of rotatable bonds is 6. The van der Waals surface area contributed by atoms with Crippen molar-refractivity contribution in [3.63, 3.8) is 0 Å². The van der Waals surface area contributed by atoms with E-state index in [0.29, 0.717) is 11.4 Å². The zero-order chi connectivity index (χ0) is 17.6. The van der Waals surface area contributed by atoms with Gasteiger partial charge in [-0.1, -0.05) is 12.1 Å². The zero-order valence-corrected chi connectivity index (χ0v) is 14.7. The molecule has 2 aromatic rings. The lowest BCUT2D eigenvalue weighted by Gasteiger charge is -2.19. The molecule has 1 heterocycles. The van der Waals surface area contributed by atoms with E-state index in [1.165, 1.54) is 12.8 Å². The predicted molar refractivity (Wildman–Crippen MR) is 96.0 cm³/mol. The van der Waals surface area contributed by atoms with Crippen molar-refractivity contribution in [2.45, 2.75) is 44.8 Å². The molecular formula is C20H24N2O3. The quantitative estimate of drug-likeness (QED) is 0.866. The van der Waals surface area contributed by atoms with Gasteiger partial charge in [0.2, 0.25) is 0 Å². The summed E-state index contributed by atoms with van der Waals surface area (Å²) in [5.74, 6) is 1.27. The Morgan fingerprint density at radius 1 is 1.20 bits per heavy atom. The molecule has 0 bridgehead atoms. The van der Waals surface area contributed by atoms with Crippen LogP contribution in [0.3, 0.4) is 0 Å². The highest BCUT2D eigenvalue weighted by atomic mass is 16.5. The van der Waals surface area contributed by atoms with Gasteiger partial charge in [-0.2, -0.15) is 0 Å². The van der Waals surface area contributed by atoms with Crippen LogP contribution in [0.2, 0.25) is 0 Å². The van der Waals surface area contributed by atoms with Crippen molar-refractivity contribution in [3.8, 4) is 11.5 Å². The minimum absolute atomic E-state index is 0.163. The molecule has 5 heteroatoms. The maximum absolute atomic E-state index is 12.3. The van der Waals surface area contributed by atoms with Gasteiger partial charge in [0.15, 0.2) is 11.5 Å². The minimum atomic E-state index is -0.196. The Kier molecular flexibility index (Phi) is 5.53. The van der Waals surface area contributed by atoms with Crippen molar-refractivity contribution in [2.75, 3.05) is 7.11 Å². The number of aromatic nitrogens is 1. The minimum Gasteiger partial charge on any atom is -0.493 e. The number of pyridine rings is 1. The number of nitrogens with zero attached hydrogens (tertiary/aromatic N) is 1. The molecule has 1 aliphatic carbocycles. The number of benzene rings is 1. The van der Waals surface area contributed by atoms with E-state index in [-0.39, 0.29) is 18.1 Å². The van der Waals surface area contributed by atoms with Crippen LogP contribution >= 0.6 is 0 Å². The highest BCUT2D eigenvalue weighted by Crippen LogP contribution is 2.33. The molecule has 0 spiro atoms. The molecule has 25 heavy (non-hydrogen) atoms. The number of ether oxygens (including phenoxy) is 2. The van der Waals surface area contributed by atoms with Gasteiger partial charge in [0.1, 0.15) is 5.69 Å². The first-order valence-electron chi connectivity index (χ1n) is 8.74. The largest absolute Gasteiger partial charge is 0.493 e. The normalized spacial score (nSPS) is 15.6. The Labute approximate surface area is 148 Å². The molecule has 132 valence electrons. The first-order chi connectivity index (χ1) is 12.2. The fourth-order valence-electron chi connectivity index (χ4n) is 3.09. The smallest absolute Gasteiger partial charge is 0.270 e. The second kappa shape index (κ2) is 8.01. The lowest BCUT2D eigenvalue weighted by molar-refractivity contribution is 0.0935. The van der Waals surface area contributed by atoms with Crippen molar-refractivity contribution < 1.29 is 14.3 Å². The summed E-state index contributed by atoms with van der Waals surface area (Å²) in [5.41, 5.74) is 1.36. The molecule has 1 fully saturated rings. The predicted octanol–water partition coefficient (Wildman–Crippen LogP) is 3.90. The summed E-state index contributed by atoms with van der Waals surface area (Å²) < 4.78 is 11.5. The van der Waals surface area contributed by atoms with Crippen LogP contribution in [0, 0.1) is 0 Å². The van der Waals surface area contributed by atoms with Gasteiger partial charge in [-0.3, -0.25) is 9.78 Å². The fraction of sp³-hybridized carbons (Fsp3) is 0.400. The van der Waals surface area contributed by atoms with Gasteiger partial charge in [-0.15, -0.1) is 0 Å². The molecule has 1 aliphatic rings. The van der Waals surface area contributed by atoms with Crippen LogP contribution in [0.5, 0.6) is 11.5 Å². The van der Waals surface area contributed by atoms with E-state index < -0.39 is 0 Å². The van der Waals surface area contributed by atoms with Crippen molar-refractivity contribution in [1.82, 2.24) is 10.3 Å². The van der Waals surface area contributed by atoms with Crippen LogP contribution in [0.1, 0.15) is 54.7 Å². The van der Waals surface area contributed by atoms with Gasteiger partial charge in [-0.05, 0) is 62.4 Å². The Morgan fingerprint density at radius 3 is 2.68 bits per heavy atom. The van der Waals surface area contributed by atoms with Crippen molar-refractivity contribution >= 4 is 5.91 Å². The average Bonchev–Trinajstić information content (AvgIpc) is 3.15. The zero-order valence-electron chi connectivity index (χ0n) is 14.7. The molecule has 5 nitrogen and oxygen atoms in total.